The summed E-state index contributed by atoms with van der Waals surface area (Å²) in [6.07, 6.45) is 6.46. The second kappa shape index (κ2) is 13.5. The number of unbranched alkanes of at least 4 members (excludes halogenated alkanes) is 1. The Morgan fingerprint density at radius 3 is 2.70 bits per heavy atom. The minimum absolute atomic E-state index is 0. The lowest BCUT2D eigenvalue weighted by atomic mass is 10.0. The van der Waals surface area contributed by atoms with Crippen LogP contribution in [0.5, 0.6) is 0 Å². The molecule has 2 rings (SSSR count). The van der Waals surface area contributed by atoms with Gasteiger partial charge in [-0.3, -0.25) is 9.89 Å². The number of benzene rings is 1. The van der Waals surface area contributed by atoms with Gasteiger partial charge in [-0.2, -0.15) is 11.8 Å². The van der Waals surface area contributed by atoms with E-state index in [1.165, 1.54) is 30.4 Å². The van der Waals surface area contributed by atoms with Gasteiger partial charge in [0.15, 0.2) is 5.96 Å². The first-order valence-corrected chi connectivity index (χ1v) is 10.6. The van der Waals surface area contributed by atoms with Crippen LogP contribution in [0.4, 0.5) is 8.78 Å². The Labute approximate surface area is 183 Å². The van der Waals surface area contributed by atoms with Crippen molar-refractivity contribution in [2.75, 3.05) is 38.7 Å². The van der Waals surface area contributed by atoms with Crippen LogP contribution in [0.2, 0.25) is 0 Å². The lowest BCUT2D eigenvalue weighted by molar-refractivity contribution is 0.188. The van der Waals surface area contributed by atoms with Gasteiger partial charge in [-0.1, -0.05) is 6.07 Å². The lowest BCUT2D eigenvalue weighted by Crippen LogP contribution is -2.51. The number of hydrogen-bond donors (Lipinski definition) is 2. The highest BCUT2D eigenvalue weighted by atomic mass is 127. The zero-order chi connectivity index (χ0) is 18.8. The summed E-state index contributed by atoms with van der Waals surface area (Å²) in [6, 6.07) is 4.28. The van der Waals surface area contributed by atoms with Gasteiger partial charge in [-0.15, -0.1) is 24.0 Å². The second-order valence-electron chi connectivity index (χ2n) is 6.62. The van der Waals surface area contributed by atoms with E-state index in [0.717, 1.165) is 44.9 Å². The first-order valence-electron chi connectivity index (χ1n) is 9.25. The predicted octanol–water partition coefficient (Wildman–Crippen LogP) is 3.86. The second-order valence-corrected chi connectivity index (χ2v) is 7.60. The van der Waals surface area contributed by atoms with Crippen LogP contribution in [0, 0.1) is 11.6 Å². The third-order valence-corrected chi connectivity index (χ3v) is 5.28. The Balaban J connectivity index is 0.00000364. The van der Waals surface area contributed by atoms with Crippen LogP contribution in [0.25, 0.3) is 0 Å². The van der Waals surface area contributed by atoms with Crippen LogP contribution in [0.1, 0.15) is 31.2 Å². The molecule has 1 aliphatic rings. The molecule has 4 nitrogen and oxygen atoms in total. The summed E-state index contributed by atoms with van der Waals surface area (Å²) in [5.74, 6) is 1.04. The molecule has 8 heteroatoms. The van der Waals surface area contributed by atoms with Gasteiger partial charge in [0.2, 0.25) is 0 Å². The van der Waals surface area contributed by atoms with Crippen molar-refractivity contribution in [3.63, 3.8) is 0 Å². The molecule has 0 bridgehead atoms. The van der Waals surface area contributed by atoms with Crippen LogP contribution in [-0.2, 0) is 6.54 Å². The molecule has 1 unspecified atom stereocenters. The molecule has 2 N–H and O–H groups in total. The number of halogens is 3. The maximum Gasteiger partial charge on any atom is 0.191 e. The highest BCUT2D eigenvalue weighted by Gasteiger charge is 2.22. The number of thioether (sulfide) groups is 1. The van der Waals surface area contributed by atoms with Gasteiger partial charge in [0.25, 0.3) is 0 Å². The van der Waals surface area contributed by atoms with E-state index in [1.54, 1.807) is 7.05 Å². The minimum Gasteiger partial charge on any atom is -0.356 e. The summed E-state index contributed by atoms with van der Waals surface area (Å²) in [7, 11) is 1.77. The molecular weight excluding hydrogens is 481 g/mol. The third kappa shape index (κ3) is 8.51. The molecule has 1 saturated heterocycles. The van der Waals surface area contributed by atoms with E-state index < -0.39 is 11.6 Å². The van der Waals surface area contributed by atoms with Crippen LogP contribution in [-0.4, -0.2) is 55.6 Å². The SMILES string of the molecule is CN=C(NCCCCSC)NC1CCCN(Cc2c(F)cccc2F)C1.I. The molecule has 0 radical (unpaired) electrons. The summed E-state index contributed by atoms with van der Waals surface area (Å²) in [5.41, 5.74) is 0.157. The Hall–Kier alpha value is -0.610. The molecule has 1 heterocycles. The number of nitrogens with zero attached hydrogens (tertiary/aromatic N) is 2. The minimum atomic E-state index is -0.470. The monoisotopic (exact) mass is 512 g/mol. The third-order valence-electron chi connectivity index (χ3n) is 4.58. The van der Waals surface area contributed by atoms with E-state index in [9.17, 15) is 8.78 Å². The molecule has 1 aromatic carbocycles. The summed E-state index contributed by atoms with van der Waals surface area (Å²) in [6.45, 7) is 2.81. The Morgan fingerprint density at radius 2 is 2.04 bits per heavy atom. The van der Waals surface area contributed by atoms with Gasteiger partial charge >= 0.3 is 0 Å². The normalized spacial score (nSPS) is 18.1. The molecule has 154 valence electrons. The van der Waals surface area contributed by atoms with Gasteiger partial charge in [0.1, 0.15) is 11.6 Å². The smallest absolute Gasteiger partial charge is 0.191 e. The van der Waals surface area contributed by atoms with Crippen molar-refractivity contribution < 1.29 is 8.78 Å². The fourth-order valence-electron chi connectivity index (χ4n) is 3.19. The maximum atomic E-state index is 13.9. The number of nitrogens with one attached hydrogen (secondary N) is 2. The molecule has 27 heavy (non-hydrogen) atoms. The van der Waals surface area contributed by atoms with Gasteiger partial charge in [-0.25, -0.2) is 8.78 Å². The molecule has 1 aliphatic heterocycles. The van der Waals surface area contributed by atoms with Gasteiger partial charge in [0, 0.05) is 38.3 Å². The van der Waals surface area contributed by atoms with Gasteiger partial charge in [-0.05, 0) is 56.4 Å². The largest absolute Gasteiger partial charge is 0.356 e. The van der Waals surface area contributed by atoms with E-state index in [4.69, 9.17) is 0 Å². The van der Waals surface area contributed by atoms with Crippen molar-refractivity contribution in [3.8, 4) is 0 Å². The summed E-state index contributed by atoms with van der Waals surface area (Å²) in [4.78, 5) is 6.39. The van der Waals surface area contributed by atoms with Gasteiger partial charge in [0.05, 0.1) is 0 Å². The number of guanidine groups is 1. The Kier molecular flexibility index (Phi) is 12.3. The first-order chi connectivity index (χ1) is 12.6. The molecule has 1 atom stereocenters. The van der Waals surface area contributed by atoms with Crippen molar-refractivity contribution in [3.05, 3.63) is 35.4 Å². The molecule has 0 saturated carbocycles. The number of rotatable bonds is 8. The summed E-state index contributed by atoms with van der Waals surface area (Å²) < 4.78 is 27.8. The molecule has 0 aromatic heterocycles. The van der Waals surface area contributed by atoms with Crippen LogP contribution in [0.3, 0.4) is 0 Å². The lowest BCUT2D eigenvalue weighted by Gasteiger charge is -2.34. The standard InChI is InChI=1S/C19H30F2N4S.HI/c1-22-19(23-10-3-4-12-26-2)24-15-7-6-11-25(13-15)14-16-17(20)8-5-9-18(16)21;/h5,8-9,15H,3-4,6-7,10-14H2,1-2H3,(H2,22,23,24);1H. The highest BCUT2D eigenvalue weighted by Crippen LogP contribution is 2.18. The average Bonchev–Trinajstić information content (AvgIpc) is 2.64. The van der Waals surface area contributed by atoms with E-state index >= 15 is 0 Å². The number of piperidine rings is 1. The number of likely N-dealkylation sites (tertiary alicyclic amines) is 1. The van der Waals surface area contributed by atoms with Crippen LogP contribution < -0.4 is 10.6 Å². The molecule has 0 spiro atoms. The quantitative estimate of drug-likeness (QED) is 0.240. The van der Waals surface area contributed by atoms with Crippen molar-refractivity contribution in [2.45, 2.75) is 38.3 Å². The molecule has 1 aromatic rings. The highest BCUT2D eigenvalue weighted by molar-refractivity contribution is 14.0. The van der Waals surface area contributed by atoms with Crippen molar-refractivity contribution in [2.24, 2.45) is 4.99 Å². The number of aliphatic imine (C=N–C) groups is 1. The summed E-state index contributed by atoms with van der Waals surface area (Å²) >= 11 is 1.86. The van der Waals surface area contributed by atoms with Gasteiger partial charge < -0.3 is 10.6 Å². The van der Waals surface area contributed by atoms with E-state index in [1.807, 2.05) is 11.8 Å². The van der Waals surface area contributed by atoms with Crippen LogP contribution >= 0.6 is 35.7 Å². The van der Waals surface area contributed by atoms with Crippen molar-refractivity contribution in [1.82, 2.24) is 15.5 Å². The number of hydrogen-bond acceptors (Lipinski definition) is 3. The topological polar surface area (TPSA) is 39.7 Å². The Morgan fingerprint density at radius 1 is 1.30 bits per heavy atom. The molecule has 1 fully saturated rings. The van der Waals surface area contributed by atoms with Crippen molar-refractivity contribution >= 4 is 41.7 Å². The first kappa shape index (κ1) is 24.4. The zero-order valence-electron chi connectivity index (χ0n) is 16.1. The average molecular weight is 512 g/mol. The van der Waals surface area contributed by atoms with E-state index in [0.29, 0.717) is 6.54 Å². The molecular formula is C19H31F2IN4S. The molecule has 0 aliphatic carbocycles. The van der Waals surface area contributed by atoms with E-state index in [-0.39, 0.29) is 35.6 Å². The fraction of sp³-hybridized carbons (Fsp3) is 0.632. The predicted molar refractivity (Wildman–Crippen MR) is 122 cm³/mol. The zero-order valence-corrected chi connectivity index (χ0v) is 19.3. The summed E-state index contributed by atoms with van der Waals surface area (Å²) in [5, 5.41) is 6.80. The van der Waals surface area contributed by atoms with Crippen LogP contribution in [0.15, 0.2) is 23.2 Å². The van der Waals surface area contributed by atoms with Crippen molar-refractivity contribution in [1.29, 1.82) is 0 Å². The maximum absolute atomic E-state index is 13.9. The Bertz CT molecular complexity index is 569. The van der Waals surface area contributed by atoms with E-state index in [2.05, 4.69) is 26.8 Å². The fourth-order valence-corrected chi connectivity index (χ4v) is 3.68. The molecule has 0 amide bonds.